The number of piperidine rings is 1. The first-order valence-corrected chi connectivity index (χ1v) is 14.3. The van der Waals surface area contributed by atoms with E-state index in [0.717, 1.165) is 31.4 Å². The third kappa shape index (κ3) is 4.33. The number of carbonyl (C=O) groups excluding carboxylic acids is 1. The molecule has 2 atom stereocenters. The summed E-state index contributed by atoms with van der Waals surface area (Å²) in [5.41, 5.74) is -0.496. The van der Waals surface area contributed by atoms with Crippen LogP contribution in [0.4, 0.5) is 19.0 Å². The van der Waals surface area contributed by atoms with Crippen molar-refractivity contribution < 1.29 is 23.1 Å². The zero-order valence-electron chi connectivity index (χ0n) is 22.2. The van der Waals surface area contributed by atoms with Gasteiger partial charge in [0, 0.05) is 31.8 Å². The summed E-state index contributed by atoms with van der Waals surface area (Å²) in [6.45, 7) is 0.337. The van der Waals surface area contributed by atoms with Crippen molar-refractivity contribution in [3.05, 3.63) is 63.9 Å². The zero-order valence-corrected chi connectivity index (χ0v) is 22.2. The van der Waals surface area contributed by atoms with Crippen LogP contribution in [0.3, 0.4) is 0 Å². The molecule has 1 aromatic carbocycles. The van der Waals surface area contributed by atoms with E-state index in [1.165, 1.54) is 36.1 Å². The van der Waals surface area contributed by atoms with Gasteiger partial charge in [0.2, 0.25) is 5.43 Å². The SMILES string of the molecule is O=C(CC12CC3CC(CC(C3)C1)C2)c1cn(-c2ccc(F)cc2F)c2nc(N3CC[C@@H](F)[C@H](O)C3)ccc2c1=O. The number of anilines is 1. The van der Waals surface area contributed by atoms with Crippen molar-refractivity contribution >= 4 is 22.6 Å². The van der Waals surface area contributed by atoms with Gasteiger partial charge in [-0.05, 0) is 92.4 Å². The number of fused-ring (bicyclic) bond motifs is 1. The Labute approximate surface area is 229 Å². The van der Waals surface area contributed by atoms with Crippen molar-refractivity contribution in [1.29, 1.82) is 0 Å². The second-order valence-corrected chi connectivity index (χ2v) is 12.7. The Hall–Kier alpha value is -3.20. The number of β-amino-alcohol motifs (C(OH)–C–C–N with tert-alkyl or cyclic N) is 1. The van der Waals surface area contributed by atoms with E-state index in [1.54, 1.807) is 17.0 Å². The minimum atomic E-state index is -1.33. The number of ketones is 1. The molecule has 1 N–H and O–H groups in total. The average Bonchev–Trinajstić information content (AvgIpc) is 2.89. The third-order valence-electron chi connectivity index (χ3n) is 9.83. The van der Waals surface area contributed by atoms with E-state index in [-0.39, 0.29) is 46.4 Å². The van der Waals surface area contributed by atoms with Crippen LogP contribution < -0.4 is 10.3 Å². The molecule has 40 heavy (non-hydrogen) atoms. The van der Waals surface area contributed by atoms with E-state index in [4.69, 9.17) is 0 Å². The quantitative estimate of drug-likeness (QED) is 0.432. The highest BCUT2D eigenvalue weighted by Crippen LogP contribution is 2.61. The molecule has 5 fully saturated rings. The molecule has 2 aromatic heterocycles. The van der Waals surface area contributed by atoms with Gasteiger partial charge in [-0.15, -0.1) is 0 Å². The molecule has 6 nitrogen and oxygen atoms in total. The van der Waals surface area contributed by atoms with E-state index >= 15 is 4.39 Å². The predicted octanol–water partition coefficient (Wildman–Crippen LogP) is 5.36. The van der Waals surface area contributed by atoms with Gasteiger partial charge >= 0.3 is 0 Å². The summed E-state index contributed by atoms with van der Waals surface area (Å²) in [4.78, 5) is 33.9. The number of halogens is 3. The number of alkyl halides is 1. The number of aliphatic hydroxyl groups excluding tert-OH is 1. The Balaban J connectivity index is 1.32. The van der Waals surface area contributed by atoms with E-state index < -0.39 is 29.3 Å². The monoisotopic (exact) mass is 551 g/mol. The Bertz CT molecular complexity index is 1540. The van der Waals surface area contributed by atoms with Gasteiger partial charge in [0.15, 0.2) is 11.4 Å². The first-order chi connectivity index (χ1) is 19.2. The highest BCUT2D eigenvalue weighted by molar-refractivity contribution is 5.99. The fourth-order valence-electron chi connectivity index (χ4n) is 8.48. The minimum Gasteiger partial charge on any atom is -0.388 e. The maximum atomic E-state index is 15.1. The fraction of sp³-hybridized carbons (Fsp3) is 0.516. The number of hydrogen-bond acceptors (Lipinski definition) is 5. The van der Waals surface area contributed by atoms with Crippen molar-refractivity contribution in [2.45, 2.75) is 63.6 Å². The van der Waals surface area contributed by atoms with E-state index in [0.29, 0.717) is 36.5 Å². The molecule has 3 heterocycles. The number of carbonyl (C=O) groups is 1. The topological polar surface area (TPSA) is 75.4 Å². The molecule has 8 rings (SSSR count). The van der Waals surface area contributed by atoms with Crippen LogP contribution >= 0.6 is 0 Å². The molecule has 0 spiro atoms. The largest absolute Gasteiger partial charge is 0.388 e. The number of nitrogens with zero attached hydrogens (tertiary/aromatic N) is 3. The number of rotatable bonds is 5. The van der Waals surface area contributed by atoms with Crippen molar-refractivity contribution in [2.24, 2.45) is 23.2 Å². The average molecular weight is 552 g/mol. The first-order valence-electron chi connectivity index (χ1n) is 14.3. The summed E-state index contributed by atoms with van der Waals surface area (Å²) in [5, 5.41) is 10.2. The number of benzene rings is 1. The lowest BCUT2D eigenvalue weighted by Crippen LogP contribution is -2.47. The van der Waals surface area contributed by atoms with Gasteiger partial charge in [-0.1, -0.05) is 0 Å². The summed E-state index contributed by atoms with van der Waals surface area (Å²) in [7, 11) is 0. The summed E-state index contributed by atoms with van der Waals surface area (Å²) >= 11 is 0. The Morgan fingerprint density at radius 1 is 1.05 bits per heavy atom. The smallest absolute Gasteiger partial charge is 0.201 e. The molecule has 1 aliphatic heterocycles. The lowest BCUT2D eigenvalue weighted by molar-refractivity contribution is -0.0524. The first kappa shape index (κ1) is 25.7. The second kappa shape index (κ2) is 9.43. The van der Waals surface area contributed by atoms with Gasteiger partial charge in [-0.3, -0.25) is 14.2 Å². The number of hydrogen-bond donors (Lipinski definition) is 1. The maximum Gasteiger partial charge on any atom is 0.201 e. The Morgan fingerprint density at radius 3 is 2.40 bits per heavy atom. The van der Waals surface area contributed by atoms with Gasteiger partial charge in [-0.25, -0.2) is 18.2 Å². The number of pyridine rings is 2. The van der Waals surface area contributed by atoms with Gasteiger partial charge in [0.1, 0.15) is 29.7 Å². The van der Waals surface area contributed by atoms with Crippen LogP contribution in [0.1, 0.15) is 61.7 Å². The van der Waals surface area contributed by atoms with Crippen LogP contribution in [0.25, 0.3) is 16.7 Å². The highest BCUT2D eigenvalue weighted by atomic mass is 19.1. The summed E-state index contributed by atoms with van der Waals surface area (Å²) in [6.07, 6.45) is 6.06. The standard InChI is InChI=1S/C31H32F3N3O3/c32-20-1-3-25(24(34)10-20)37-15-22(26(38)14-31-11-17-7-18(12-31)9-19(8-17)13-31)29(40)21-2-4-28(35-30(21)37)36-6-5-23(33)27(39)16-36/h1-4,10,15,17-19,23,27,39H,5-9,11-14,16H2/t17?,18?,19?,23-,27-,31?/m1/s1. The molecule has 210 valence electrons. The fourth-order valence-corrected chi connectivity index (χ4v) is 8.48. The summed E-state index contributed by atoms with van der Waals surface area (Å²) in [6, 6.07) is 6.28. The van der Waals surface area contributed by atoms with Gasteiger partial charge in [0.05, 0.1) is 16.6 Å². The minimum absolute atomic E-state index is 0.0183. The Kier molecular flexibility index (Phi) is 6.07. The highest BCUT2D eigenvalue weighted by Gasteiger charge is 2.51. The summed E-state index contributed by atoms with van der Waals surface area (Å²) < 4.78 is 44.1. The number of aromatic nitrogens is 2. The second-order valence-electron chi connectivity index (χ2n) is 12.7. The number of aliphatic hydroxyl groups is 1. The molecule has 3 aromatic rings. The predicted molar refractivity (Wildman–Crippen MR) is 145 cm³/mol. The molecule has 9 heteroatoms. The van der Waals surface area contributed by atoms with Crippen LogP contribution in [-0.2, 0) is 0 Å². The van der Waals surface area contributed by atoms with Crippen LogP contribution in [0, 0.1) is 34.8 Å². The van der Waals surface area contributed by atoms with Crippen LogP contribution in [0.2, 0.25) is 0 Å². The molecule has 0 unspecified atom stereocenters. The van der Waals surface area contributed by atoms with Crippen LogP contribution in [0.5, 0.6) is 0 Å². The molecule has 4 bridgehead atoms. The van der Waals surface area contributed by atoms with Crippen LogP contribution in [-0.4, -0.2) is 45.8 Å². The van der Waals surface area contributed by atoms with E-state index in [1.807, 2.05) is 0 Å². The van der Waals surface area contributed by atoms with Crippen molar-refractivity contribution in [2.75, 3.05) is 18.0 Å². The molecule has 1 saturated heterocycles. The van der Waals surface area contributed by atoms with Gasteiger partial charge in [0.25, 0.3) is 0 Å². The Morgan fingerprint density at radius 2 is 1.75 bits per heavy atom. The lowest BCUT2D eigenvalue weighted by Gasteiger charge is -2.56. The summed E-state index contributed by atoms with van der Waals surface area (Å²) in [5.74, 6) is 0.508. The molecule has 4 saturated carbocycles. The maximum absolute atomic E-state index is 15.1. The van der Waals surface area contributed by atoms with Crippen molar-refractivity contribution in [3.8, 4) is 5.69 Å². The molecular formula is C31H32F3N3O3. The molecule has 5 aliphatic rings. The van der Waals surface area contributed by atoms with E-state index in [9.17, 15) is 23.5 Å². The zero-order chi connectivity index (χ0) is 27.8. The molecule has 0 amide bonds. The lowest BCUT2D eigenvalue weighted by atomic mass is 9.48. The van der Waals surface area contributed by atoms with E-state index in [2.05, 4.69) is 4.98 Å². The molecular weight excluding hydrogens is 519 g/mol. The van der Waals surface area contributed by atoms with Crippen molar-refractivity contribution in [3.63, 3.8) is 0 Å². The normalized spacial score (nSPS) is 31.2. The van der Waals surface area contributed by atoms with Crippen LogP contribution in [0.15, 0.2) is 41.3 Å². The third-order valence-corrected chi connectivity index (χ3v) is 9.83. The van der Waals surface area contributed by atoms with Crippen molar-refractivity contribution in [1.82, 2.24) is 9.55 Å². The molecule has 4 aliphatic carbocycles. The molecule has 0 radical (unpaired) electrons. The van der Waals surface area contributed by atoms with Gasteiger partial charge < -0.3 is 10.0 Å². The number of Topliss-reactive ketones (excluding diaryl/α,β-unsaturated/α-hetero) is 1. The van der Waals surface area contributed by atoms with Gasteiger partial charge in [-0.2, -0.15) is 0 Å².